The minimum Gasteiger partial charge on any atom is -0.322 e. The van der Waals surface area contributed by atoms with Crippen molar-refractivity contribution in [2.24, 2.45) is 0 Å². The predicted octanol–water partition coefficient (Wildman–Crippen LogP) is 5.46. The number of rotatable bonds is 3. The molecule has 0 fully saturated rings. The van der Waals surface area contributed by atoms with Gasteiger partial charge in [-0.15, -0.1) is 0 Å². The second-order valence-electron chi connectivity index (χ2n) is 8.10. The van der Waals surface area contributed by atoms with Gasteiger partial charge in [-0.3, -0.25) is 9.59 Å². The Morgan fingerprint density at radius 3 is 2.17 bits per heavy atom. The number of fused-ring (bicyclic) bond motifs is 1. The fourth-order valence-electron chi connectivity index (χ4n) is 4.05. The quantitative estimate of drug-likeness (QED) is 0.637. The van der Waals surface area contributed by atoms with Gasteiger partial charge in [-0.1, -0.05) is 23.8 Å². The molecule has 3 aromatic rings. The van der Waals surface area contributed by atoms with Crippen LogP contribution in [0.15, 0.2) is 60.7 Å². The first-order valence-corrected chi connectivity index (χ1v) is 10.3. The number of aryl methyl sites for hydroxylation is 4. The monoisotopic (exact) mass is 398 g/mol. The Balaban J connectivity index is 1.57. The highest BCUT2D eigenvalue weighted by Crippen LogP contribution is 2.30. The first-order valence-electron chi connectivity index (χ1n) is 10.3. The summed E-state index contributed by atoms with van der Waals surface area (Å²) < 4.78 is 0. The molecule has 0 bridgehead atoms. The molecule has 0 saturated carbocycles. The minimum atomic E-state index is -0.134. The molecule has 30 heavy (non-hydrogen) atoms. The smallest absolute Gasteiger partial charge is 0.258 e. The Kier molecular flexibility index (Phi) is 5.40. The zero-order valence-corrected chi connectivity index (χ0v) is 17.7. The molecule has 0 saturated heterocycles. The van der Waals surface area contributed by atoms with Crippen molar-refractivity contribution in [2.45, 2.75) is 33.6 Å². The third-order valence-corrected chi connectivity index (χ3v) is 5.48. The molecule has 0 unspecified atom stereocenters. The van der Waals surface area contributed by atoms with E-state index in [1.165, 1.54) is 0 Å². The zero-order valence-electron chi connectivity index (χ0n) is 17.7. The van der Waals surface area contributed by atoms with E-state index in [9.17, 15) is 9.59 Å². The van der Waals surface area contributed by atoms with Crippen LogP contribution in [0.25, 0.3) is 0 Å². The molecule has 0 aliphatic carbocycles. The molecule has 1 aliphatic rings. The van der Waals surface area contributed by atoms with Crippen molar-refractivity contribution >= 4 is 23.2 Å². The molecule has 152 valence electrons. The predicted molar refractivity (Wildman–Crippen MR) is 121 cm³/mol. The van der Waals surface area contributed by atoms with Crippen molar-refractivity contribution in [3.8, 4) is 0 Å². The minimum absolute atomic E-state index is 0.00314. The summed E-state index contributed by atoms with van der Waals surface area (Å²) in [5.74, 6) is -0.131. The van der Waals surface area contributed by atoms with E-state index in [1.54, 1.807) is 6.07 Å². The average molecular weight is 399 g/mol. The highest BCUT2D eigenvalue weighted by atomic mass is 16.2. The maximum absolute atomic E-state index is 13.0. The number of benzene rings is 3. The Labute approximate surface area is 177 Å². The Bertz CT molecular complexity index is 1100. The van der Waals surface area contributed by atoms with Gasteiger partial charge in [0.25, 0.3) is 11.8 Å². The van der Waals surface area contributed by atoms with Gasteiger partial charge in [0, 0.05) is 29.0 Å². The van der Waals surface area contributed by atoms with Crippen LogP contribution in [0.4, 0.5) is 11.4 Å². The topological polar surface area (TPSA) is 49.4 Å². The molecule has 0 radical (unpaired) electrons. The third kappa shape index (κ3) is 4.13. The number of amides is 2. The van der Waals surface area contributed by atoms with E-state index >= 15 is 0 Å². The lowest BCUT2D eigenvalue weighted by atomic mass is 9.98. The van der Waals surface area contributed by atoms with E-state index in [-0.39, 0.29) is 11.8 Å². The second-order valence-corrected chi connectivity index (χ2v) is 8.10. The molecular formula is C26H26N2O2. The average Bonchev–Trinajstić information content (AvgIpc) is 2.72. The molecule has 1 N–H and O–H groups in total. The van der Waals surface area contributed by atoms with Gasteiger partial charge in [-0.25, -0.2) is 0 Å². The van der Waals surface area contributed by atoms with Gasteiger partial charge in [0.2, 0.25) is 0 Å². The van der Waals surface area contributed by atoms with Crippen molar-refractivity contribution in [3.63, 3.8) is 0 Å². The summed E-state index contributed by atoms with van der Waals surface area (Å²) >= 11 is 0. The van der Waals surface area contributed by atoms with Crippen molar-refractivity contribution in [1.29, 1.82) is 0 Å². The van der Waals surface area contributed by atoms with Crippen LogP contribution in [0.3, 0.4) is 0 Å². The van der Waals surface area contributed by atoms with E-state index < -0.39 is 0 Å². The summed E-state index contributed by atoms with van der Waals surface area (Å²) in [6.07, 6.45) is 1.74. The fraction of sp³-hybridized carbons (Fsp3) is 0.231. The number of nitrogens with zero attached hydrogens (tertiary/aromatic N) is 1. The van der Waals surface area contributed by atoms with Crippen LogP contribution < -0.4 is 10.2 Å². The lowest BCUT2D eigenvalue weighted by molar-refractivity contribution is 0.0984. The standard InChI is InChI=1S/C26H26N2O2/c1-17-6-8-20(9-7-17)26(30)28-12-4-5-21-16-22(10-11-24(21)28)25(29)27-23-14-18(2)13-19(3)15-23/h6-11,13-16H,4-5,12H2,1-3H3,(H,27,29). The lowest BCUT2D eigenvalue weighted by Gasteiger charge is -2.30. The van der Waals surface area contributed by atoms with Crippen molar-refractivity contribution in [1.82, 2.24) is 0 Å². The largest absolute Gasteiger partial charge is 0.322 e. The second kappa shape index (κ2) is 8.15. The molecule has 0 atom stereocenters. The van der Waals surface area contributed by atoms with E-state index in [4.69, 9.17) is 0 Å². The molecule has 4 heteroatoms. The Morgan fingerprint density at radius 2 is 1.47 bits per heavy atom. The normalized spacial score (nSPS) is 13.0. The molecule has 1 aliphatic heterocycles. The maximum Gasteiger partial charge on any atom is 0.258 e. The molecule has 1 heterocycles. The summed E-state index contributed by atoms with van der Waals surface area (Å²) in [5.41, 5.74) is 7.38. The van der Waals surface area contributed by atoms with Gasteiger partial charge in [0.05, 0.1) is 0 Å². The SMILES string of the molecule is Cc1ccc(C(=O)N2CCCc3cc(C(=O)Nc4cc(C)cc(C)c4)ccc32)cc1. The van der Waals surface area contributed by atoms with Crippen LogP contribution in [0.5, 0.6) is 0 Å². The van der Waals surface area contributed by atoms with Crippen LogP contribution >= 0.6 is 0 Å². The molecule has 0 aromatic heterocycles. The molecule has 4 nitrogen and oxygen atoms in total. The third-order valence-electron chi connectivity index (χ3n) is 5.48. The van der Waals surface area contributed by atoms with Gasteiger partial charge in [0.1, 0.15) is 0 Å². The summed E-state index contributed by atoms with van der Waals surface area (Å²) in [4.78, 5) is 27.7. The van der Waals surface area contributed by atoms with Crippen LogP contribution in [0.1, 0.15) is 49.4 Å². The number of carbonyl (C=O) groups is 2. The maximum atomic E-state index is 13.0. The Morgan fingerprint density at radius 1 is 0.800 bits per heavy atom. The molecular weight excluding hydrogens is 372 g/mol. The number of hydrogen-bond donors (Lipinski definition) is 1. The molecule has 3 aromatic carbocycles. The number of hydrogen-bond acceptors (Lipinski definition) is 2. The fourth-order valence-corrected chi connectivity index (χ4v) is 4.05. The zero-order chi connectivity index (χ0) is 21.3. The van der Waals surface area contributed by atoms with E-state index in [1.807, 2.05) is 74.2 Å². The summed E-state index contributed by atoms with van der Waals surface area (Å²) in [6.45, 7) is 6.73. The van der Waals surface area contributed by atoms with Crippen LogP contribution in [-0.2, 0) is 6.42 Å². The van der Waals surface area contributed by atoms with Gasteiger partial charge in [-0.2, -0.15) is 0 Å². The van der Waals surface area contributed by atoms with Gasteiger partial charge in [0.15, 0.2) is 0 Å². The summed E-state index contributed by atoms with van der Waals surface area (Å²) in [6, 6.07) is 19.3. The van der Waals surface area contributed by atoms with Crippen LogP contribution in [0, 0.1) is 20.8 Å². The lowest BCUT2D eigenvalue weighted by Crippen LogP contribution is -2.35. The van der Waals surface area contributed by atoms with Gasteiger partial charge >= 0.3 is 0 Å². The van der Waals surface area contributed by atoms with Crippen LogP contribution in [0.2, 0.25) is 0 Å². The van der Waals surface area contributed by atoms with Gasteiger partial charge < -0.3 is 10.2 Å². The number of nitrogens with one attached hydrogen (secondary N) is 1. The first kappa shape index (κ1) is 19.9. The number of anilines is 2. The Hall–Kier alpha value is -3.40. The first-order chi connectivity index (χ1) is 14.4. The summed E-state index contributed by atoms with van der Waals surface area (Å²) in [5, 5.41) is 2.99. The van der Waals surface area contributed by atoms with Crippen molar-refractivity contribution in [2.75, 3.05) is 16.8 Å². The molecule has 2 amide bonds. The molecule has 0 spiro atoms. The van der Waals surface area contributed by atoms with Gasteiger partial charge in [-0.05, 0) is 92.8 Å². The van der Waals surface area contributed by atoms with E-state index in [0.29, 0.717) is 17.7 Å². The highest BCUT2D eigenvalue weighted by molar-refractivity contribution is 6.08. The van der Waals surface area contributed by atoms with Crippen LogP contribution in [-0.4, -0.2) is 18.4 Å². The molecule has 4 rings (SSSR count). The van der Waals surface area contributed by atoms with E-state index in [2.05, 4.69) is 11.4 Å². The van der Waals surface area contributed by atoms with Crippen molar-refractivity contribution < 1.29 is 9.59 Å². The number of carbonyl (C=O) groups excluding carboxylic acids is 2. The summed E-state index contributed by atoms with van der Waals surface area (Å²) in [7, 11) is 0. The highest BCUT2D eigenvalue weighted by Gasteiger charge is 2.24. The van der Waals surface area contributed by atoms with E-state index in [0.717, 1.165) is 46.5 Å². The van der Waals surface area contributed by atoms with Crippen molar-refractivity contribution in [3.05, 3.63) is 94.0 Å².